The summed E-state index contributed by atoms with van der Waals surface area (Å²) < 4.78 is 29.3. The number of methoxy groups -OCH3 is 1. The van der Waals surface area contributed by atoms with E-state index in [2.05, 4.69) is 9.46 Å². The maximum absolute atomic E-state index is 13.4. The molecule has 34 heavy (non-hydrogen) atoms. The first-order valence-corrected chi connectivity index (χ1v) is 13.1. The van der Waals surface area contributed by atoms with E-state index in [4.69, 9.17) is 21.1 Å². The van der Waals surface area contributed by atoms with Crippen LogP contribution in [-0.4, -0.2) is 39.4 Å². The maximum atomic E-state index is 13.4. The molecule has 0 radical (unpaired) electrons. The van der Waals surface area contributed by atoms with E-state index in [1.54, 1.807) is 19.2 Å². The van der Waals surface area contributed by atoms with Gasteiger partial charge >= 0.3 is 0 Å². The molecule has 0 fully saturated rings. The average Bonchev–Trinajstić information content (AvgIpc) is 3.17. The highest BCUT2D eigenvalue weighted by Crippen LogP contribution is 2.40. The normalized spacial score (nSPS) is 11.4. The molecular formula is C25H24ClN3O4S. The molecular weight excluding hydrogens is 474 g/mol. The van der Waals surface area contributed by atoms with Crippen molar-refractivity contribution in [1.29, 1.82) is 0 Å². The Balaban J connectivity index is 1.67. The number of carbonyl (C=O) groups excluding carboxylic acids is 1. The lowest BCUT2D eigenvalue weighted by atomic mass is 10.0. The first kappa shape index (κ1) is 23.8. The molecule has 0 aliphatic rings. The SMILES string of the molecule is COc1ccc(C(=O)c2cnn(C)c2OCc2ccc3ccccc3c2)c(Cl)c1N=S(C)(C)=O. The van der Waals surface area contributed by atoms with E-state index in [0.717, 1.165) is 16.3 Å². The summed E-state index contributed by atoms with van der Waals surface area (Å²) in [6.45, 7) is 0.259. The van der Waals surface area contributed by atoms with E-state index in [-0.39, 0.29) is 34.2 Å². The van der Waals surface area contributed by atoms with Crippen LogP contribution >= 0.6 is 11.6 Å². The van der Waals surface area contributed by atoms with Crippen LogP contribution in [0.25, 0.3) is 10.8 Å². The molecule has 1 aromatic heterocycles. The van der Waals surface area contributed by atoms with Gasteiger partial charge in [0, 0.05) is 34.9 Å². The topological polar surface area (TPSA) is 82.8 Å². The number of hydrogen-bond acceptors (Lipinski definition) is 6. The molecule has 9 heteroatoms. The molecule has 0 amide bonds. The fourth-order valence-electron chi connectivity index (χ4n) is 3.57. The summed E-state index contributed by atoms with van der Waals surface area (Å²) in [5.41, 5.74) is 1.58. The third-order valence-corrected chi connectivity index (χ3v) is 6.18. The van der Waals surface area contributed by atoms with Gasteiger partial charge < -0.3 is 9.47 Å². The number of nitrogens with zero attached hydrogens (tertiary/aromatic N) is 3. The van der Waals surface area contributed by atoms with Gasteiger partial charge in [-0.25, -0.2) is 8.89 Å². The van der Waals surface area contributed by atoms with Crippen LogP contribution in [-0.2, 0) is 23.4 Å². The number of carbonyl (C=O) groups is 1. The molecule has 3 aromatic carbocycles. The summed E-state index contributed by atoms with van der Waals surface area (Å²) in [7, 11) is 0.618. The third-order valence-electron chi connectivity index (χ3n) is 5.17. The Bertz CT molecular complexity index is 1510. The quantitative estimate of drug-likeness (QED) is 0.319. The molecule has 176 valence electrons. The molecule has 0 saturated heterocycles. The summed E-state index contributed by atoms with van der Waals surface area (Å²) in [4.78, 5) is 13.4. The summed E-state index contributed by atoms with van der Waals surface area (Å²) in [6.07, 6.45) is 4.41. The second-order valence-corrected chi connectivity index (χ2v) is 11.0. The summed E-state index contributed by atoms with van der Waals surface area (Å²) >= 11 is 6.54. The van der Waals surface area contributed by atoms with Crippen molar-refractivity contribution in [3.8, 4) is 11.6 Å². The highest BCUT2D eigenvalue weighted by molar-refractivity contribution is 7.92. The number of ether oxygens (including phenoxy) is 2. The van der Waals surface area contributed by atoms with Crippen molar-refractivity contribution in [2.24, 2.45) is 11.4 Å². The van der Waals surface area contributed by atoms with Crippen LogP contribution in [0.3, 0.4) is 0 Å². The fraction of sp³-hybridized carbons (Fsp3) is 0.200. The van der Waals surface area contributed by atoms with Crippen LogP contribution < -0.4 is 9.47 Å². The van der Waals surface area contributed by atoms with Crippen LogP contribution in [0.5, 0.6) is 11.6 Å². The Morgan fingerprint density at radius 2 is 1.82 bits per heavy atom. The van der Waals surface area contributed by atoms with Crippen molar-refractivity contribution in [1.82, 2.24) is 9.78 Å². The third kappa shape index (κ3) is 4.93. The highest BCUT2D eigenvalue weighted by atomic mass is 35.5. The summed E-state index contributed by atoms with van der Waals surface area (Å²) in [5, 5.41) is 6.51. The van der Waals surface area contributed by atoms with Gasteiger partial charge in [0.15, 0.2) is 0 Å². The lowest BCUT2D eigenvalue weighted by Crippen LogP contribution is -2.08. The summed E-state index contributed by atoms with van der Waals surface area (Å²) in [6, 6.07) is 17.3. The number of aryl methyl sites for hydroxylation is 1. The zero-order valence-electron chi connectivity index (χ0n) is 19.2. The van der Waals surface area contributed by atoms with Crippen molar-refractivity contribution in [3.63, 3.8) is 0 Å². The van der Waals surface area contributed by atoms with Gasteiger partial charge in [0.1, 0.15) is 23.6 Å². The first-order chi connectivity index (χ1) is 16.2. The molecule has 7 nitrogen and oxygen atoms in total. The van der Waals surface area contributed by atoms with Crippen molar-refractivity contribution in [3.05, 3.63) is 82.5 Å². The molecule has 0 aliphatic carbocycles. The first-order valence-electron chi connectivity index (χ1n) is 10.4. The number of hydrogen-bond donors (Lipinski definition) is 0. The Labute approximate surface area is 203 Å². The molecule has 0 bridgehead atoms. The average molecular weight is 498 g/mol. The number of fused-ring (bicyclic) bond motifs is 1. The van der Waals surface area contributed by atoms with E-state index in [1.807, 2.05) is 42.5 Å². The predicted molar refractivity (Wildman–Crippen MR) is 135 cm³/mol. The van der Waals surface area contributed by atoms with Gasteiger partial charge in [-0.1, -0.05) is 48.0 Å². The van der Waals surface area contributed by atoms with Gasteiger partial charge in [-0.05, 0) is 34.5 Å². The smallest absolute Gasteiger partial charge is 0.223 e. The van der Waals surface area contributed by atoms with Gasteiger partial charge in [0.05, 0.1) is 18.3 Å². The minimum atomic E-state index is -2.54. The van der Waals surface area contributed by atoms with Crippen molar-refractivity contribution in [2.45, 2.75) is 6.61 Å². The van der Waals surface area contributed by atoms with Gasteiger partial charge in [-0.3, -0.25) is 4.79 Å². The Kier molecular flexibility index (Phi) is 6.63. The Morgan fingerprint density at radius 3 is 2.53 bits per heavy atom. The van der Waals surface area contributed by atoms with Crippen molar-refractivity contribution < 1.29 is 18.5 Å². The number of rotatable bonds is 7. The molecule has 0 saturated carbocycles. The molecule has 0 N–H and O–H groups in total. The van der Waals surface area contributed by atoms with Crippen molar-refractivity contribution >= 4 is 43.6 Å². The minimum absolute atomic E-state index is 0.0603. The molecule has 0 atom stereocenters. The zero-order chi connectivity index (χ0) is 24.5. The minimum Gasteiger partial charge on any atom is -0.494 e. The number of benzene rings is 3. The van der Waals surface area contributed by atoms with Gasteiger partial charge in [0.2, 0.25) is 11.7 Å². The van der Waals surface area contributed by atoms with E-state index >= 15 is 0 Å². The molecule has 0 unspecified atom stereocenters. The van der Waals surface area contributed by atoms with E-state index in [0.29, 0.717) is 11.6 Å². The molecule has 4 aromatic rings. The summed E-state index contributed by atoms with van der Waals surface area (Å²) in [5.74, 6) is 0.264. The fourth-order valence-corrected chi connectivity index (χ4v) is 4.53. The predicted octanol–water partition coefficient (Wildman–Crippen LogP) is 5.40. The molecule has 4 rings (SSSR count). The Morgan fingerprint density at radius 1 is 1.09 bits per heavy atom. The molecule has 1 heterocycles. The lowest BCUT2D eigenvalue weighted by Gasteiger charge is -2.12. The second-order valence-electron chi connectivity index (χ2n) is 8.04. The van der Waals surface area contributed by atoms with Gasteiger partial charge in [0.25, 0.3) is 0 Å². The van der Waals surface area contributed by atoms with Crippen molar-refractivity contribution in [2.75, 3.05) is 19.6 Å². The van der Waals surface area contributed by atoms with Crippen LogP contribution in [0, 0.1) is 0 Å². The number of aromatic nitrogens is 2. The van der Waals surface area contributed by atoms with E-state index < -0.39 is 9.73 Å². The highest BCUT2D eigenvalue weighted by Gasteiger charge is 2.24. The zero-order valence-corrected chi connectivity index (χ0v) is 20.8. The maximum Gasteiger partial charge on any atom is 0.223 e. The van der Waals surface area contributed by atoms with E-state index in [1.165, 1.54) is 30.5 Å². The van der Waals surface area contributed by atoms with Crippen LogP contribution in [0.15, 0.2) is 65.2 Å². The van der Waals surface area contributed by atoms with Crippen LogP contribution in [0.1, 0.15) is 21.5 Å². The number of halogens is 1. The van der Waals surface area contributed by atoms with Crippen LogP contribution in [0.4, 0.5) is 5.69 Å². The lowest BCUT2D eigenvalue weighted by molar-refractivity contribution is 0.103. The van der Waals surface area contributed by atoms with Crippen LogP contribution in [0.2, 0.25) is 5.02 Å². The number of ketones is 1. The van der Waals surface area contributed by atoms with Gasteiger partial charge in [-0.2, -0.15) is 9.46 Å². The standard InChI is InChI=1S/C25H24ClN3O4S/c1-29-25(33-15-16-9-10-17-7-5-6-8-18(17)13-16)20(14-27-29)24(30)19-11-12-21(32-2)23(22(19)26)28-34(3,4)31/h5-14H,15H2,1-4H3. The Hall–Kier alpha value is -3.36. The van der Waals surface area contributed by atoms with Gasteiger partial charge in [-0.15, -0.1) is 0 Å². The monoisotopic (exact) mass is 497 g/mol. The van der Waals surface area contributed by atoms with E-state index in [9.17, 15) is 9.00 Å². The second kappa shape index (κ2) is 9.48. The largest absolute Gasteiger partial charge is 0.494 e. The molecule has 0 aliphatic heterocycles. The molecule has 0 spiro atoms.